The number of phosphoric acid groups is 1. The van der Waals surface area contributed by atoms with Gasteiger partial charge in [-0.1, -0.05) is 240 Å². The number of ether oxygens (including phenoxy) is 1. The highest BCUT2D eigenvalue weighted by atomic mass is 31.2. The molecule has 442 valence electrons. The molecule has 1 amide bonds. The number of amides is 1. The third-order valence-electron chi connectivity index (χ3n) is 13.2. The van der Waals surface area contributed by atoms with Crippen molar-refractivity contribution in [3.63, 3.8) is 0 Å². The molecule has 0 heterocycles. The normalized spacial score (nSPS) is 14.4. The van der Waals surface area contributed by atoms with E-state index >= 15 is 0 Å². The van der Waals surface area contributed by atoms with Crippen LogP contribution in [0.25, 0.3) is 0 Å². The van der Waals surface area contributed by atoms with Gasteiger partial charge in [-0.2, -0.15) is 0 Å². The zero-order valence-corrected chi connectivity index (χ0v) is 51.3. The van der Waals surface area contributed by atoms with Gasteiger partial charge in [-0.05, 0) is 109 Å². The van der Waals surface area contributed by atoms with E-state index in [0.717, 1.165) is 148 Å². The lowest BCUT2D eigenvalue weighted by molar-refractivity contribution is -0.870. The molecule has 0 saturated carbocycles. The lowest BCUT2D eigenvalue weighted by Gasteiger charge is -2.27. The number of phosphoric ester groups is 1. The van der Waals surface area contributed by atoms with Crippen molar-refractivity contribution in [2.75, 3.05) is 40.9 Å². The number of likely N-dealkylation sites (N-methyl/N-ethyl adjacent to an activating group) is 1. The molecule has 2 N–H and O–H groups in total. The fourth-order valence-corrected chi connectivity index (χ4v) is 9.19. The van der Waals surface area contributed by atoms with E-state index in [0.29, 0.717) is 17.4 Å². The molecular weight excluding hydrogens is 976 g/mol. The fourth-order valence-electron chi connectivity index (χ4n) is 8.45. The molecule has 0 aliphatic carbocycles. The standard InChI is InChI=1S/C67H117N2O7P/c1-7-10-13-16-19-22-25-28-30-31-32-33-34-35-36-37-38-39-40-41-44-47-50-53-56-59-66(70)68-64(63-75-77(72,73)74-62-61-69(4,5)6)65(58-55-52-49-46-43-27-24-21-18-15-12-9-3)76-67(71)60-57-54-51-48-45-42-29-26-23-20-17-14-11-8-2/h10-11,13-14,19-20,22-23,28,30,32-33,35-36,38-39,55,58,64-65H,7-9,12,15-18,21,24-27,29,31,34,37,40-54,56-57,59-63H2,1-6H3,(H-,68,70,72,73)/p+1/b13-10-,14-11+,22-19-,23-20+,30-28-,33-32-,36-35-,39-38-,58-55-. The number of nitrogens with one attached hydrogen (secondary N) is 1. The molecule has 0 aliphatic rings. The molecule has 0 saturated heterocycles. The largest absolute Gasteiger partial charge is 0.472 e. The lowest BCUT2D eigenvalue weighted by Crippen LogP contribution is -2.47. The molecule has 0 fully saturated rings. The average molecular weight is 1090 g/mol. The van der Waals surface area contributed by atoms with Crippen LogP contribution in [-0.2, 0) is 27.9 Å². The van der Waals surface area contributed by atoms with Gasteiger partial charge in [-0.25, -0.2) is 4.57 Å². The summed E-state index contributed by atoms with van der Waals surface area (Å²) in [5.41, 5.74) is 0. The van der Waals surface area contributed by atoms with Gasteiger partial charge < -0.3 is 19.4 Å². The van der Waals surface area contributed by atoms with Crippen molar-refractivity contribution in [1.29, 1.82) is 0 Å². The van der Waals surface area contributed by atoms with E-state index in [9.17, 15) is 19.0 Å². The number of allylic oxidation sites excluding steroid dienone is 17. The quantitative estimate of drug-likeness (QED) is 0.0205. The summed E-state index contributed by atoms with van der Waals surface area (Å²) in [5.74, 6) is -0.537. The number of hydrogen-bond acceptors (Lipinski definition) is 6. The van der Waals surface area contributed by atoms with E-state index < -0.39 is 20.0 Å². The van der Waals surface area contributed by atoms with Crippen LogP contribution in [0.5, 0.6) is 0 Å². The second-order valence-corrected chi connectivity index (χ2v) is 23.3. The maximum atomic E-state index is 13.6. The van der Waals surface area contributed by atoms with Crippen LogP contribution in [-0.4, -0.2) is 74.3 Å². The maximum absolute atomic E-state index is 13.6. The Labute approximate surface area is 474 Å². The number of rotatable bonds is 55. The van der Waals surface area contributed by atoms with E-state index in [-0.39, 0.29) is 31.5 Å². The van der Waals surface area contributed by atoms with Gasteiger partial charge in [-0.15, -0.1) is 0 Å². The van der Waals surface area contributed by atoms with E-state index in [1.807, 2.05) is 33.3 Å². The van der Waals surface area contributed by atoms with Gasteiger partial charge in [0.1, 0.15) is 19.3 Å². The van der Waals surface area contributed by atoms with Crippen molar-refractivity contribution in [3.05, 3.63) is 109 Å². The number of esters is 1. The lowest BCUT2D eigenvalue weighted by atomic mass is 10.0. The maximum Gasteiger partial charge on any atom is 0.472 e. The van der Waals surface area contributed by atoms with Crippen molar-refractivity contribution >= 4 is 19.7 Å². The number of carbonyl (C=O) groups is 2. The summed E-state index contributed by atoms with van der Waals surface area (Å²) in [7, 11) is 1.47. The zero-order chi connectivity index (χ0) is 56.4. The summed E-state index contributed by atoms with van der Waals surface area (Å²) in [5, 5.41) is 3.04. The summed E-state index contributed by atoms with van der Waals surface area (Å²) >= 11 is 0. The number of unbranched alkanes of at least 4 members (excludes halogenated alkanes) is 23. The van der Waals surface area contributed by atoms with Gasteiger partial charge in [0.15, 0.2) is 0 Å². The first-order valence-electron chi connectivity index (χ1n) is 31.2. The number of quaternary nitrogens is 1. The molecule has 0 rings (SSSR count). The Balaban J connectivity index is 5.22. The van der Waals surface area contributed by atoms with Crippen LogP contribution in [0.3, 0.4) is 0 Å². The van der Waals surface area contributed by atoms with E-state index in [1.54, 1.807) is 0 Å². The fraction of sp³-hybridized carbons (Fsp3) is 0.701. The molecule has 0 spiro atoms. The Bertz CT molecular complexity index is 1690. The summed E-state index contributed by atoms with van der Waals surface area (Å²) in [6, 6.07) is -0.866. The summed E-state index contributed by atoms with van der Waals surface area (Å²) in [6.07, 6.45) is 76.6. The molecule has 3 unspecified atom stereocenters. The summed E-state index contributed by atoms with van der Waals surface area (Å²) < 4.78 is 30.7. The summed E-state index contributed by atoms with van der Waals surface area (Å²) in [4.78, 5) is 37.7. The molecule has 0 aliphatic heterocycles. The van der Waals surface area contributed by atoms with Gasteiger partial charge in [-0.3, -0.25) is 18.6 Å². The summed E-state index contributed by atoms with van der Waals surface area (Å²) in [6.45, 7) is 6.76. The Kier molecular flexibility index (Phi) is 53.5. The Hall–Kier alpha value is -3.33. The first kappa shape index (κ1) is 73.7. The SMILES string of the molecule is CC/C=C\C/C=C\C/C=C\C/C=C\C/C=C\C/C=C\CCCCCCCCC(=O)NC(COP(=O)(O)OCC[N+](C)(C)C)C(/C=C\CCCCCCCCCCCC)OC(=O)CCCCCCCCC/C=C/C/C=C/CC. The van der Waals surface area contributed by atoms with Crippen molar-refractivity contribution in [1.82, 2.24) is 5.32 Å². The molecule has 0 bridgehead atoms. The molecule has 0 aromatic carbocycles. The van der Waals surface area contributed by atoms with Gasteiger partial charge in [0.05, 0.1) is 33.8 Å². The van der Waals surface area contributed by atoms with Crippen LogP contribution >= 0.6 is 7.82 Å². The number of hydrogen-bond donors (Lipinski definition) is 2. The van der Waals surface area contributed by atoms with Crippen molar-refractivity contribution in [2.24, 2.45) is 0 Å². The van der Waals surface area contributed by atoms with Gasteiger partial charge in [0.2, 0.25) is 5.91 Å². The highest BCUT2D eigenvalue weighted by molar-refractivity contribution is 7.47. The highest BCUT2D eigenvalue weighted by Crippen LogP contribution is 2.43. The van der Waals surface area contributed by atoms with E-state index in [1.165, 1.54) is 70.6 Å². The topological polar surface area (TPSA) is 111 Å². The van der Waals surface area contributed by atoms with Crippen LogP contribution in [0, 0.1) is 0 Å². The predicted molar refractivity (Wildman–Crippen MR) is 332 cm³/mol. The first-order valence-corrected chi connectivity index (χ1v) is 32.7. The predicted octanol–water partition coefficient (Wildman–Crippen LogP) is 19.3. The van der Waals surface area contributed by atoms with Crippen molar-refractivity contribution in [3.8, 4) is 0 Å². The van der Waals surface area contributed by atoms with Crippen molar-refractivity contribution in [2.45, 2.75) is 264 Å². The van der Waals surface area contributed by atoms with Crippen LogP contribution in [0.4, 0.5) is 0 Å². The van der Waals surface area contributed by atoms with Gasteiger partial charge >= 0.3 is 13.8 Å². The molecule has 3 atom stereocenters. The van der Waals surface area contributed by atoms with Crippen LogP contribution < -0.4 is 5.32 Å². The molecule has 0 aromatic heterocycles. The van der Waals surface area contributed by atoms with E-state index in [2.05, 4.69) is 123 Å². The second-order valence-electron chi connectivity index (χ2n) is 21.8. The van der Waals surface area contributed by atoms with E-state index in [4.69, 9.17) is 13.8 Å². The second kappa shape index (κ2) is 56.0. The molecule has 0 aromatic rings. The van der Waals surface area contributed by atoms with Crippen molar-refractivity contribution < 1.29 is 37.3 Å². The van der Waals surface area contributed by atoms with Gasteiger partial charge in [0.25, 0.3) is 0 Å². The Morgan fingerprint density at radius 1 is 0.468 bits per heavy atom. The molecule has 0 radical (unpaired) electrons. The minimum absolute atomic E-state index is 0.0303. The molecule has 77 heavy (non-hydrogen) atoms. The first-order chi connectivity index (χ1) is 37.4. The average Bonchev–Trinajstić information content (AvgIpc) is 3.39. The smallest absolute Gasteiger partial charge is 0.456 e. The third kappa shape index (κ3) is 57.2. The van der Waals surface area contributed by atoms with Gasteiger partial charge in [0, 0.05) is 12.8 Å². The number of carbonyl (C=O) groups excluding carboxylic acids is 2. The molecule has 9 nitrogen and oxygen atoms in total. The molecule has 10 heteroatoms. The Morgan fingerprint density at radius 2 is 0.831 bits per heavy atom. The monoisotopic (exact) mass is 1090 g/mol. The van der Waals surface area contributed by atoms with Crippen LogP contribution in [0.2, 0.25) is 0 Å². The Morgan fingerprint density at radius 3 is 1.25 bits per heavy atom. The molecular formula is C67H118N2O7P+. The highest BCUT2D eigenvalue weighted by Gasteiger charge is 2.30. The minimum Gasteiger partial charge on any atom is -0.456 e. The van der Waals surface area contributed by atoms with Crippen LogP contribution in [0.15, 0.2) is 109 Å². The number of nitrogens with zero attached hydrogens (tertiary/aromatic N) is 1. The zero-order valence-electron chi connectivity index (χ0n) is 50.4. The van der Waals surface area contributed by atoms with Crippen LogP contribution in [0.1, 0.15) is 252 Å². The third-order valence-corrected chi connectivity index (χ3v) is 14.2. The minimum atomic E-state index is -4.46.